The molecule has 0 aromatic heterocycles. The van der Waals surface area contributed by atoms with Gasteiger partial charge in [-0.05, 0) is 33.3 Å². The van der Waals surface area contributed by atoms with Gasteiger partial charge in [-0.2, -0.15) is 0 Å². The zero-order chi connectivity index (χ0) is 23.2. The number of rotatable bonds is 9. The highest BCUT2D eigenvalue weighted by Crippen LogP contribution is 2.28. The Morgan fingerprint density at radius 2 is 1.30 bits per heavy atom. The third kappa shape index (κ3) is 6.94. The van der Waals surface area contributed by atoms with Crippen molar-refractivity contribution in [3.63, 3.8) is 0 Å². The summed E-state index contributed by atoms with van der Waals surface area (Å²) in [6.45, 7) is 19.6. The quantitative estimate of drug-likeness (QED) is 0.194. The van der Waals surface area contributed by atoms with E-state index in [0.29, 0.717) is 0 Å². The Hall–Kier alpha value is -2.75. The summed E-state index contributed by atoms with van der Waals surface area (Å²) in [5, 5.41) is 10.2. The molecule has 0 aromatic rings. The Kier molecular flexibility index (Phi) is 9.16. The van der Waals surface area contributed by atoms with E-state index in [9.17, 15) is 19.5 Å². The molecule has 0 amide bonds. The maximum atomic E-state index is 12.2. The van der Waals surface area contributed by atoms with Crippen molar-refractivity contribution in [1.29, 1.82) is 0 Å². The second-order valence-electron chi connectivity index (χ2n) is 7.06. The average Bonchev–Trinajstić information content (AvgIpc) is 2.64. The van der Waals surface area contributed by atoms with Gasteiger partial charge in [0.2, 0.25) is 6.29 Å². The van der Waals surface area contributed by atoms with Crippen LogP contribution in [0.1, 0.15) is 27.7 Å². The summed E-state index contributed by atoms with van der Waals surface area (Å²) in [6, 6.07) is 0. The number of ether oxygens (including phenoxy) is 5. The summed E-state index contributed by atoms with van der Waals surface area (Å²) in [5.74, 6) is -2.37. The first-order chi connectivity index (χ1) is 13.8. The lowest BCUT2D eigenvalue weighted by atomic mass is 10.0. The van der Waals surface area contributed by atoms with Crippen LogP contribution in [0.5, 0.6) is 0 Å². The number of aliphatic hydroxyl groups is 1. The molecule has 0 bridgehead atoms. The molecule has 1 N–H and O–H groups in total. The fourth-order valence-electron chi connectivity index (χ4n) is 2.17. The predicted molar refractivity (Wildman–Crippen MR) is 106 cm³/mol. The van der Waals surface area contributed by atoms with E-state index in [1.54, 1.807) is 0 Å². The van der Waals surface area contributed by atoms with Crippen LogP contribution in [0.25, 0.3) is 0 Å². The highest BCUT2D eigenvalue weighted by atomic mass is 16.7. The predicted octanol–water partition coefficient (Wildman–Crippen LogP) is 1.72. The molecule has 0 spiro atoms. The van der Waals surface area contributed by atoms with Crippen molar-refractivity contribution in [2.75, 3.05) is 6.61 Å². The summed E-state index contributed by atoms with van der Waals surface area (Å²) in [4.78, 5) is 36.2. The maximum Gasteiger partial charge on any atom is 0.335 e. The molecule has 5 atom stereocenters. The summed E-state index contributed by atoms with van der Waals surface area (Å²) >= 11 is 0. The lowest BCUT2D eigenvalue weighted by Crippen LogP contribution is -2.59. The van der Waals surface area contributed by atoms with Gasteiger partial charge < -0.3 is 28.8 Å². The normalized spacial score (nSPS) is 24.2. The molecular formula is C21H28O9. The van der Waals surface area contributed by atoms with E-state index >= 15 is 0 Å². The monoisotopic (exact) mass is 424 g/mol. The van der Waals surface area contributed by atoms with Crippen LogP contribution in [0.15, 0.2) is 48.6 Å². The van der Waals surface area contributed by atoms with Gasteiger partial charge in [0.1, 0.15) is 6.10 Å². The van der Waals surface area contributed by atoms with Crippen molar-refractivity contribution in [3.05, 3.63) is 48.6 Å². The van der Waals surface area contributed by atoms with Gasteiger partial charge in [-0.25, -0.2) is 14.4 Å². The molecule has 166 valence electrons. The summed E-state index contributed by atoms with van der Waals surface area (Å²) < 4.78 is 26.9. The molecule has 0 aromatic carbocycles. The first-order valence-corrected chi connectivity index (χ1v) is 9.05. The lowest BCUT2D eigenvalue weighted by molar-refractivity contribution is -0.291. The Morgan fingerprint density at radius 1 is 0.833 bits per heavy atom. The topological polar surface area (TPSA) is 118 Å². The third-order valence-electron chi connectivity index (χ3n) is 3.86. The molecule has 30 heavy (non-hydrogen) atoms. The molecule has 1 heterocycles. The van der Waals surface area contributed by atoms with Gasteiger partial charge >= 0.3 is 17.9 Å². The zero-order valence-electron chi connectivity index (χ0n) is 17.6. The van der Waals surface area contributed by atoms with Crippen molar-refractivity contribution in [1.82, 2.24) is 0 Å². The summed E-state index contributed by atoms with van der Waals surface area (Å²) in [6.07, 6.45) is -6.68. The van der Waals surface area contributed by atoms with E-state index in [1.165, 1.54) is 27.7 Å². The van der Waals surface area contributed by atoms with E-state index in [1.807, 2.05) is 0 Å². The first kappa shape index (κ1) is 25.3. The van der Waals surface area contributed by atoms with Crippen LogP contribution in [-0.4, -0.2) is 60.5 Å². The molecule has 5 unspecified atom stereocenters. The van der Waals surface area contributed by atoms with Crippen molar-refractivity contribution in [3.8, 4) is 0 Å². The van der Waals surface area contributed by atoms with Gasteiger partial charge in [0.25, 0.3) is 0 Å². The minimum absolute atomic E-state index is 0.0558. The number of esters is 3. The molecule has 9 nitrogen and oxygen atoms in total. The molecule has 1 rings (SSSR count). The number of hydrogen-bond acceptors (Lipinski definition) is 9. The Bertz CT molecular complexity index is 752. The molecule has 1 aliphatic rings. The van der Waals surface area contributed by atoms with Gasteiger partial charge in [0, 0.05) is 16.7 Å². The van der Waals surface area contributed by atoms with Gasteiger partial charge in [-0.1, -0.05) is 26.3 Å². The van der Waals surface area contributed by atoms with E-state index in [2.05, 4.69) is 26.3 Å². The number of carbonyl (C=O) groups is 3. The smallest absolute Gasteiger partial charge is 0.335 e. The van der Waals surface area contributed by atoms with Crippen molar-refractivity contribution in [2.24, 2.45) is 0 Å². The second-order valence-corrected chi connectivity index (χ2v) is 7.06. The Labute approximate surface area is 175 Å². The van der Waals surface area contributed by atoms with Crippen LogP contribution in [0.4, 0.5) is 0 Å². The molecule has 1 saturated heterocycles. The minimum Gasteiger partial charge on any atom is -0.454 e. The zero-order valence-corrected chi connectivity index (χ0v) is 17.6. The van der Waals surface area contributed by atoms with Crippen LogP contribution in [0, 0.1) is 0 Å². The molecule has 0 aliphatic carbocycles. The molecule has 9 heteroatoms. The van der Waals surface area contributed by atoms with Crippen LogP contribution in [0.2, 0.25) is 0 Å². The third-order valence-corrected chi connectivity index (χ3v) is 3.86. The second kappa shape index (κ2) is 10.9. The van der Waals surface area contributed by atoms with Crippen LogP contribution >= 0.6 is 0 Å². The number of aliphatic hydroxyl groups excluding tert-OH is 1. The lowest BCUT2D eigenvalue weighted by Gasteiger charge is -2.41. The minimum atomic E-state index is -1.48. The SMILES string of the molecule is C=C(C)C(=O)OC1COC(OC(=O)C(=C)C)C(OC(=O)C(=C)C)C1OC(O)C(=C)C. The van der Waals surface area contributed by atoms with E-state index in [-0.39, 0.29) is 28.9 Å². The van der Waals surface area contributed by atoms with Gasteiger partial charge in [-0.3, -0.25) is 0 Å². The summed E-state index contributed by atoms with van der Waals surface area (Å²) in [7, 11) is 0. The van der Waals surface area contributed by atoms with Crippen molar-refractivity contribution < 1.29 is 43.2 Å². The standard InChI is InChI=1S/C21H28O9/c1-10(2)17(22)27-14-9-26-21(30-20(25)13(7)8)16(29-19(24)12(5)6)15(14)28-18(23)11(3)4/h14-16,18,21,23H,1,3,5,7,9H2,2,4,6,8H3. The Morgan fingerprint density at radius 3 is 1.77 bits per heavy atom. The highest BCUT2D eigenvalue weighted by Gasteiger charge is 2.49. The highest BCUT2D eigenvalue weighted by molar-refractivity contribution is 5.88. The molecular weight excluding hydrogens is 396 g/mol. The molecule has 0 saturated carbocycles. The molecule has 1 fully saturated rings. The van der Waals surface area contributed by atoms with E-state index in [0.717, 1.165) is 0 Å². The molecule has 1 aliphatic heterocycles. The van der Waals surface area contributed by atoms with Gasteiger partial charge in [0.05, 0.1) is 6.61 Å². The number of carbonyl (C=O) groups excluding carboxylic acids is 3. The summed E-state index contributed by atoms with van der Waals surface area (Å²) in [5.41, 5.74) is 0.492. The van der Waals surface area contributed by atoms with E-state index in [4.69, 9.17) is 23.7 Å². The Balaban J connectivity index is 3.30. The first-order valence-electron chi connectivity index (χ1n) is 9.05. The largest absolute Gasteiger partial charge is 0.454 e. The van der Waals surface area contributed by atoms with Crippen LogP contribution in [0.3, 0.4) is 0 Å². The van der Waals surface area contributed by atoms with Crippen LogP contribution < -0.4 is 0 Å². The van der Waals surface area contributed by atoms with Gasteiger partial charge in [0.15, 0.2) is 18.5 Å². The van der Waals surface area contributed by atoms with Crippen molar-refractivity contribution >= 4 is 17.9 Å². The molecule has 0 radical (unpaired) electrons. The number of hydrogen-bond donors (Lipinski definition) is 1. The average molecular weight is 424 g/mol. The fourth-order valence-corrected chi connectivity index (χ4v) is 2.17. The van der Waals surface area contributed by atoms with E-state index < -0.39 is 48.8 Å². The van der Waals surface area contributed by atoms with Gasteiger partial charge in [-0.15, -0.1) is 0 Å². The van der Waals surface area contributed by atoms with Crippen LogP contribution in [-0.2, 0) is 38.1 Å². The maximum absolute atomic E-state index is 12.2. The fraction of sp³-hybridized carbons (Fsp3) is 0.476. The van der Waals surface area contributed by atoms with Crippen molar-refractivity contribution in [2.45, 2.75) is 58.6 Å².